The van der Waals surface area contributed by atoms with Gasteiger partial charge in [-0.1, -0.05) is 6.07 Å². The molecular formula is C22H22N8. The van der Waals surface area contributed by atoms with Crippen LogP contribution >= 0.6 is 0 Å². The van der Waals surface area contributed by atoms with Crippen LogP contribution < -0.4 is 4.90 Å². The fraction of sp³-hybridized carbons (Fsp3) is 0.227. The van der Waals surface area contributed by atoms with Gasteiger partial charge in [-0.05, 0) is 42.8 Å². The van der Waals surface area contributed by atoms with E-state index < -0.39 is 0 Å². The van der Waals surface area contributed by atoms with Crippen molar-refractivity contribution in [2.75, 3.05) is 19.0 Å². The second-order valence-corrected chi connectivity index (χ2v) is 7.48. The van der Waals surface area contributed by atoms with Crippen LogP contribution in [0, 0.1) is 0 Å². The van der Waals surface area contributed by atoms with E-state index >= 15 is 0 Å². The third-order valence-corrected chi connectivity index (χ3v) is 5.17. The van der Waals surface area contributed by atoms with Crippen molar-refractivity contribution in [3.05, 3.63) is 66.4 Å². The molecular weight excluding hydrogens is 376 g/mol. The molecule has 0 amide bonds. The molecule has 4 aromatic heterocycles. The third-order valence-electron chi connectivity index (χ3n) is 5.17. The molecule has 4 heterocycles. The standard InChI is InChI=1S/C22H22N8/c1-4-29-14-18(13-24-29)17-11-16-9-15(5-6-19(16)23-12-17)10-22-26-25-20-7-8-21(28(2)3)27-30(20)22/h5-9,11-14H,4,10H2,1-3H3. The SMILES string of the molecule is CCn1cc(-c2cnc3ccc(Cc4nnc5ccc(N(C)C)nn45)cc3c2)cn1. The van der Waals surface area contributed by atoms with E-state index in [-0.39, 0.29) is 0 Å². The lowest BCUT2D eigenvalue weighted by Crippen LogP contribution is -2.13. The van der Waals surface area contributed by atoms with Crippen LogP contribution in [0.15, 0.2) is 55.0 Å². The van der Waals surface area contributed by atoms with Crippen LogP contribution in [0.1, 0.15) is 18.3 Å². The van der Waals surface area contributed by atoms with Crippen molar-refractivity contribution in [1.82, 2.24) is 34.6 Å². The van der Waals surface area contributed by atoms with Gasteiger partial charge in [0.05, 0.1) is 11.7 Å². The number of benzene rings is 1. The van der Waals surface area contributed by atoms with E-state index in [1.807, 2.05) is 65.0 Å². The Balaban J connectivity index is 1.50. The van der Waals surface area contributed by atoms with Crippen molar-refractivity contribution in [3.63, 3.8) is 0 Å². The maximum Gasteiger partial charge on any atom is 0.178 e. The average molecular weight is 398 g/mol. The first-order valence-corrected chi connectivity index (χ1v) is 9.91. The first-order valence-electron chi connectivity index (χ1n) is 9.91. The number of nitrogens with zero attached hydrogens (tertiary/aromatic N) is 8. The van der Waals surface area contributed by atoms with Crippen molar-refractivity contribution in [1.29, 1.82) is 0 Å². The van der Waals surface area contributed by atoms with Crippen LogP contribution in [0.25, 0.3) is 27.7 Å². The molecule has 0 spiro atoms. The molecule has 0 aliphatic heterocycles. The summed E-state index contributed by atoms with van der Waals surface area (Å²) in [7, 11) is 3.94. The smallest absolute Gasteiger partial charge is 0.178 e. The molecule has 5 rings (SSSR count). The summed E-state index contributed by atoms with van der Waals surface area (Å²) in [4.78, 5) is 6.59. The first-order chi connectivity index (χ1) is 14.6. The minimum absolute atomic E-state index is 0.638. The molecule has 8 nitrogen and oxygen atoms in total. The fourth-order valence-corrected chi connectivity index (χ4v) is 3.49. The maximum absolute atomic E-state index is 4.65. The van der Waals surface area contributed by atoms with Crippen LogP contribution in [0.3, 0.4) is 0 Å². The minimum atomic E-state index is 0.638. The predicted molar refractivity (Wildman–Crippen MR) is 117 cm³/mol. The lowest BCUT2D eigenvalue weighted by molar-refractivity contribution is 0.660. The van der Waals surface area contributed by atoms with Gasteiger partial charge in [0.25, 0.3) is 0 Å². The molecule has 150 valence electrons. The van der Waals surface area contributed by atoms with Gasteiger partial charge in [-0.3, -0.25) is 9.67 Å². The number of aromatic nitrogens is 7. The summed E-state index contributed by atoms with van der Waals surface area (Å²) in [5.41, 5.74) is 4.97. The number of fused-ring (bicyclic) bond motifs is 2. The molecule has 0 saturated carbocycles. The van der Waals surface area contributed by atoms with E-state index in [1.165, 1.54) is 0 Å². The number of aryl methyl sites for hydroxylation is 1. The Morgan fingerprint density at radius 2 is 1.87 bits per heavy atom. The Morgan fingerprint density at radius 3 is 2.67 bits per heavy atom. The highest BCUT2D eigenvalue weighted by atomic mass is 15.4. The Kier molecular flexibility index (Phi) is 4.39. The maximum atomic E-state index is 4.65. The van der Waals surface area contributed by atoms with E-state index in [4.69, 9.17) is 0 Å². The predicted octanol–water partition coefficient (Wildman–Crippen LogP) is 3.21. The average Bonchev–Trinajstić information content (AvgIpc) is 3.40. The van der Waals surface area contributed by atoms with Gasteiger partial charge in [-0.15, -0.1) is 15.3 Å². The Hall–Kier alpha value is -3.81. The zero-order valence-electron chi connectivity index (χ0n) is 17.2. The highest BCUT2D eigenvalue weighted by Gasteiger charge is 2.11. The highest BCUT2D eigenvalue weighted by Crippen LogP contribution is 2.24. The van der Waals surface area contributed by atoms with Gasteiger partial charge in [0.15, 0.2) is 11.5 Å². The van der Waals surface area contributed by atoms with Gasteiger partial charge in [-0.25, -0.2) is 0 Å². The molecule has 0 N–H and O–H groups in total. The lowest BCUT2D eigenvalue weighted by atomic mass is 10.0. The number of rotatable bonds is 5. The normalized spacial score (nSPS) is 11.4. The number of hydrogen-bond acceptors (Lipinski definition) is 6. The van der Waals surface area contributed by atoms with E-state index in [1.54, 1.807) is 0 Å². The molecule has 0 aliphatic rings. The Labute approximate surface area is 173 Å². The molecule has 1 aromatic carbocycles. The quantitative estimate of drug-likeness (QED) is 0.452. The second kappa shape index (κ2) is 7.22. The van der Waals surface area contributed by atoms with Gasteiger partial charge in [0.2, 0.25) is 0 Å². The van der Waals surface area contributed by atoms with Crippen LogP contribution in [-0.4, -0.2) is 48.7 Å². The van der Waals surface area contributed by atoms with E-state index in [9.17, 15) is 0 Å². The van der Waals surface area contributed by atoms with Crippen molar-refractivity contribution >= 4 is 22.4 Å². The van der Waals surface area contributed by atoms with Crippen LogP contribution in [0.2, 0.25) is 0 Å². The minimum Gasteiger partial charge on any atom is -0.361 e. The zero-order valence-corrected chi connectivity index (χ0v) is 17.2. The van der Waals surface area contributed by atoms with Crippen LogP contribution in [0.5, 0.6) is 0 Å². The van der Waals surface area contributed by atoms with E-state index in [0.717, 1.165) is 51.4 Å². The number of anilines is 1. The van der Waals surface area contributed by atoms with Crippen molar-refractivity contribution in [2.45, 2.75) is 19.9 Å². The highest BCUT2D eigenvalue weighted by molar-refractivity contribution is 5.84. The molecule has 0 fully saturated rings. The fourth-order valence-electron chi connectivity index (χ4n) is 3.49. The number of pyridine rings is 1. The van der Waals surface area contributed by atoms with E-state index in [0.29, 0.717) is 6.42 Å². The van der Waals surface area contributed by atoms with Gasteiger partial charge in [-0.2, -0.15) is 9.61 Å². The van der Waals surface area contributed by atoms with Gasteiger partial charge >= 0.3 is 0 Å². The summed E-state index contributed by atoms with van der Waals surface area (Å²) in [5.74, 6) is 1.67. The first kappa shape index (κ1) is 18.2. The van der Waals surface area contributed by atoms with Crippen molar-refractivity contribution < 1.29 is 0 Å². The molecule has 0 unspecified atom stereocenters. The summed E-state index contributed by atoms with van der Waals surface area (Å²) < 4.78 is 3.73. The summed E-state index contributed by atoms with van der Waals surface area (Å²) >= 11 is 0. The molecule has 5 aromatic rings. The monoisotopic (exact) mass is 398 g/mol. The lowest BCUT2D eigenvalue weighted by Gasteiger charge is -2.11. The summed E-state index contributed by atoms with van der Waals surface area (Å²) in [6.07, 6.45) is 6.46. The zero-order chi connectivity index (χ0) is 20.7. The number of hydrogen-bond donors (Lipinski definition) is 0. The molecule has 0 saturated heterocycles. The van der Waals surface area contributed by atoms with Gasteiger partial charge in [0, 0.05) is 56.0 Å². The second-order valence-electron chi connectivity index (χ2n) is 7.48. The van der Waals surface area contributed by atoms with Gasteiger partial charge < -0.3 is 4.90 Å². The van der Waals surface area contributed by atoms with Crippen LogP contribution in [-0.2, 0) is 13.0 Å². The largest absolute Gasteiger partial charge is 0.361 e. The van der Waals surface area contributed by atoms with Crippen molar-refractivity contribution in [2.24, 2.45) is 0 Å². The van der Waals surface area contributed by atoms with Crippen LogP contribution in [0.4, 0.5) is 5.82 Å². The summed E-state index contributed by atoms with van der Waals surface area (Å²) in [6, 6.07) is 12.3. The van der Waals surface area contributed by atoms with E-state index in [2.05, 4.69) is 50.5 Å². The third kappa shape index (κ3) is 3.26. The topological polar surface area (TPSA) is 77.0 Å². The molecule has 0 radical (unpaired) electrons. The molecule has 0 atom stereocenters. The molecule has 0 bridgehead atoms. The van der Waals surface area contributed by atoms with Crippen molar-refractivity contribution in [3.8, 4) is 11.1 Å². The summed E-state index contributed by atoms with van der Waals surface area (Å²) in [5, 5.41) is 18.7. The molecule has 8 heteroatoms. The summed E-state index contributed by atoms with van der Waals surface area (Å²) in [6.45, 7) is 2.92. The molecule has 0 aliphatic carbocycles. The Morgan fingerprint density at radius 1 is 0.967 bits per heavy atom. The molecule has 30 heavy (non-hydrogen) atoms. The Bertz CT molecular complexity index is 1350. The van der Waals surface area contributed by atoms with Gasteiger partial charge in [0.1, 0.15) is 5.82 Å².